The molecule has 5 rings (SSSR count). The normalized spacial score (nSPS) is 40.8. The van der Waals surface area contributed by atoms with E-state index in [2.05, 4.69) is 39.9 Å². The van der Waals surface area contributed by atoms with Crippen molar-refractivity contribution in [3.8, 4) is 0 Å². The van der Waals surface area contributed by atoms with E-state index in [1.54, 1.807) is 0 Å². The number of amides is 1. The van der Waals surface area contributed by atoms with Gasteiger partial charge in [-0.25, -0.2) is 0 Å². The molecule has 1 aliphatic heterocycles. The summed E-state index contributed by atoms with van der Waals surface area (Å²) in [6.45, 7) is 4.91. The topological polar surface area (TPSA) is 54.5 Å². The number of likely N-dealkylation sites (tertiary alicyclic amines) is 1. The van der Waals surface area contributed by atoms with Gasteiger partial charge in [-0.05, 0) is 60.6 Å². The summed E-state index contributed by atoms with van der Waals surface area (Å²) in [5.74, 6) is 1.40. The van der Waals surface area contributed by atoms with E-state index < -0.39 is 5.41 Å². The predicted molar refractivity (Wildman–Crippen MR) is 117 cm³/mol. The van der Waals surface area contributed by atoms with Gasteiger partial charge < -0.3 is 4.90 Å². The number of carbonyl (C=O) groups excluding carboxylic acids is 3. The first-order valence-electron chi connectivity index (χ1n) is 11.3. The lowest BCUT2D eigenvalue weighted by Gasteiger charge is -2.60. The predicted octanol–water partition coefficient (Wildman–Crippen LogP) is 4.93. The third kappa shape index (κ3) is 2.87. The van der Waals surface area contributed by atoms with Crippen LogP contribution >= 0.6 is 15.9 Å². The lowest BCUT2D eigenvalue weighted by Crippen LogP contribution is -2.64. The average Bonchev–Trinajstić information content (AvgIpc) is 3.00. The van der Waals surface area contributed by atoms with Gasteiger partial charge in [0.15, 0.2) is 0 Å². The molecular formula is C25H30BrNO3. The van der Waals surface area contributed by atoms with Gasteiger partial charge in [-0.1, -0.05) is 41.9 Å². The summed E-state index contributed by atoms with van der Waals surface area (Å²) in [5.41, 5.74) is 0.501. The van der Waals surface area contributed by atoms with Crippen molar-refractivity contribution in [1.82, 2.24) is 4.90 Å². The van der Waals surface area contributed by atoms with Crippen LogP contribution in [0, 0.1) is 28.6 Å². The van der Waals surface area contributed by atoms with Crippen LogP contribution in [-0.4, -0.2) is 28.4 Å². The van der Waals surface area contributed by atoms with Gasteiger partial charge in [0.2, 0.25) is 5.91 Å². The number of hydrogen-bond donors (Lipinski definition) is 0. The van der Waals surface area contributed by atoms with Crippen molar-refractivity contribution in [2.24, 2.45) is 28.6 Å². The second-order valence-electron chi connectivity index (χ2n) is 10.5. The number of carbonyl (C=O) groups is 3. The Morgan fingerprint density at radius 2 is 1.77 bits per heavy atom. The number of halogens is 1. The van der Waals surface area contributed by atoms with Crippen LogP contribution in [-0.2, 0) is 20.9 Å². The first kappa shape index (κ1) is 20.4. The number of ketones is 2. The molecule has 30 heavy (non-hydrogen) atoms. The molecule has 1 amide bonds. The van der Waals surface area contributed by atoms with E-state index in [-0.39, 0.29) is 29.1 Å². The van der Waals surface area contributed by atoms with Crippen LogP contribution in [0.3, 0.4) is 0 Å². The fourth-order valence-corrected chi connectivity index (χ4v) is 7.85. The highest BCUT2D eigenvalue weighted by Gasteiger charge is 2.64. The van der Waals surface area contributed by atoms with Crippen LogP contribution in [0.15, 0.2) is 28.7 Å². The maximum absolute atomic E-state index is 13.5. The Kier molecular flexibility index (Phi) is 4.77. The van der Waals surface area contributed by atoms with Crippen molar-refractivity contribution in [2.45, 2.75) is 71.4 Å². The maximum atomic E-state index is 13.5. The van der Waals surface area contributed by atoms with Gasteiger partial charge in [-0.2, -0.15) is 0 Å². The van der Waals surface area contributed by atoms with Gasteiger partial charge in [-0.15, -0.1) is 0 Å². The Hall–Kier alpha value is -1.49. The number of hydrogen-bond acceptors (Lipinski definition) is 3. The first-order chi connectivity index (χ1) is 14.2. The minimum atomic E-state index is -0.441. The quantitative estimate of drug-likeness (QED) is 0.614. The van der Waals surface area contributed by atoms with Crippen molar-refractivity contribution < 1.29 is 14.4 Å². The molecule has 0 spiro atoms. The monoisotopic (exact) mass is 471 g/mol. The number of piperidine rings is 1. The van der Waals surface area contributed by atoms with Crippen LogP contribution in [0.1, 0.15) is 64.4 Å². The molecule has 1 saturated heterocycles. The van der Waals surface area contributed by atoms with Gasteiger partial charge in [-0.3, -0.25) is 14.4 Å². The second-order valence-corrected chi connectivity index (χ2v) is 11.4. The summed E-state index contributed by atoms with van der Waals surface area (Å²) in [6.07, 6.45) is 5.17. The molecule has 1 heterocycles. The number of benzene rings is 1. The average molecular weight is 472 g/mol. The molecule has 3 aliphatic carbocycles. The molecule has 5 heteroatoms. The number of rotatable bonds is 2. The van der Waals surface area contributed by atoms with Crippen LogP contribution in [0.2, 0.25) is 0 Å². The third-order valence-corrected chi connectivity index (χ3v) is 9.59. The lowest BCUT2D eigenvalue weighted by atomic mass is 9.47. The largest absolute Gasteiger partial charge is 0.335 e. The van der Waals surface area contributed by atoms with Gasteiger partial charge in [0.25, 0.3) is 0 Å². The zero-order valence-corrected chi connectivity index (χ0v) is 19.4. The van der Waals surface area contributed by atoms with Gasteiger partial charge in [0.05, 0.1) is 0 Å². The maximum Gasteiger partial charge on any atom is 0.223 e. The molecule has 0 N–H and O–H groups in total. The van der Waals surface area contributed by atoms with Crippen molar-refractivity contribution in [2.75, 3.05) is 0 Å². The number of nitrogens with zero attached hydrogens (tertiary/aromatic N) is 1. The first-order valence-corrected chi connectivity index (χ1v) is 12.1. The molecule has 160 valence electrons. The molecule has 4 nitrogen and oxygen atoms in total. The van der Waals surface area contributed by atoms with E-state index >= 15 is 0 Å². The molecule has 1 aromatic carbocycles. The molecule has 4 aliphatic rings. The highest BCUT2D eigenvalue weighted by atomic mass is 79.9. The van der Waals surface area contributed by atoms with Crippen molar-refractivity contribution in [3.63, 3.8) is 0 Å². The molecule has 0 radical (unpaired) electrons. The van der Waals surface area contributed by atoms with E-state index in [9.17, 15) is 14.4 Å². The van der Waals surface area contributed by atoms with E-state index in [4.69, 9.17) is 0 Å². The lowest BCUT2D eigenvalue weighted by molar-refractivity contribution is -0.171. The van der Waals surface area contributed by atoms with E-state index in [1.807, 2.05) is 19.1 Å². The Labute approximate surface area is 186 Å². The van der Waals surface area contributed by atoms with Crippen LogP contribution in [0.5, 0.6) is 0 Å². The zero-order chi connectivity index (χ0) is 21.3. The highest BCUT2D eigenvalue weighted by molar-refractivity contribution is 9.10. The Balaban J connectivity index is 1.47. The van der Waals surface area contributed by atoms with Crippen LogP contribution in [0.4, 0.5) is 0 Å². The molecule has 0 bridgehead atoms. The number of Topliss-reactive ketones (excluding diaryl/α,β-unsaturated/α-hetero) is 2. The molecule has 4 fully saturated rings. The summed E-state index contributed by atoms with van der Waals surface area (Å²) >= 11 is 3.48. The summed E-state index contributed by atoms with van der Waals surface area (Å²) < 4.78 is 1.03. The molecule has 4 unspecified atom stereocenters. The van der Waals surface area contributed by atoms with E-state index in [1.165, 1.54) is 0 Å². The van der Waals surface area contributed by atoms with Crippen LogP contribution < -0.4 is 0 Å². The minimum absolute atomic E-state index is 0.0132. The SMILES string of the molecule is CC12CC(=O)[C@H]3C(CCC4N(Cc5ccc(Br)cc5)C(=O)CCC43C)[C@@H]1CCC2=O. The molecule has 3 saturated carbocycles. The van der Waals surface area contributed by atoms with Gasteiger partial charge in [0.1, 0.15) is 11.6 Å². The second kappa shape index (κ2) is 7.01. The summed E-state index contributed by atoms with van der Waals surface area (Å²) in [6, 6.07) is 8.27. The van der Waals surface area contributed by atoms with Crippen molar-refractivity contribution in [1.29, 1.82) is 0 Å². The standard InChI is InChI=1S/C25H30BrNO3/c1-24-12-11-22(30)27(14-15-3-5-16(26)6-4-15)20(24)9-7-17-18-8-10-21(29)25(18,2)13-19(28)23(17)24/h3-6,17-18,20,23H,7-14H2,1-2H3/t17?,18-,20?,23+,24?,25?/m0/s1. The summed E-state index contributed by atoms with van der Waals surface area (Å²) in [5, 5.41) is 0. The Morgan fingerprint density at radius 1 is 1.03 bits per heavy atom. The summed E-state index contributed by atoms with van der Waals surface area (Å²) in [7, 11) is 0. The molecular weight excluding hydrogens is 442 g/mol. The fourth-order valence-electron chi connectivity index (χ4n) is 7.58. The fraction of sp³-hybridized carbons (Fsp3) is 0.640. The van der Waals surface area contributed by atoms with Crippen molar-refractivity contribution >= 4 is 33.4 Å². The van der Waals surface area contributed by atoms with Gasteiger partial charge in [0, 0.05) is 47.7 Å². The Morgan fingerprint density at radius 3 is 2.50 bits per heavy atom. The van der Waals surface area contributed by atoms with E-state index in [0.29, 0.717) is 43.4 Å². The van der Waals surface area contributed by atoms with E-state index in [0.717, 1.165) is 35.7 Å². The van der Waals surface area contributed by atoms with Crippen molar-refractivity contribution in [3.05, 3.63) is 34.3 Å². The summed E-state index contributed by atoms with van der Waals surface area (Å²) in [4.78, 5) is 41.2. The smallest absolute Gasteiger partial charge is 0.223 e. The highest BCUT2D eigenvalue weighted by Crippen LogP contribution is 2.62. The molecule has 6 atom stereocenters. The van der Waals surface area contributed by atoms with Gasteiger partial charge >= 0.3 is 0 Å². The third-order valence-electron chi connectivity index (χ3n) is 9.06. The number of fused-ring (bicyclic) bond motifs is 5. The zero-order valence-electron chi connectivity index (χ0n) is 17.8. The Bertz CT molecular complexity index is 911. The minimum Gasteiger partial charge on any atom is -0.335 e. The van der Waals surface area contributed by atoms with Crippen LogP contribution in [0.25, 0.3) is 0 Å². The molecule has 1 aromatic rings. The molecule has 0 aromatic heterocycles.